The molecule has 16 rings (SSSR count). The van der Waals surface area contributed by atoms with Crippen LogP contribution in [-0.4, -0.2) is 265 Å². The Morgan fingerprint density at radius 1 is 0.466 bits per heavy atom. The van der Waals surface area contributed by atoms with Gasteiger partial charge < -0.3 is 64.2 Å². The standard InChI is InChI=1S/C34H41F2N9O5S.C31H33F2N7O8S.C26H27F2N7O4S.C3H6O2.CO2/c1-3-49-24-6-4-23(5-7-24)44-20-26(32(41-44)31-25(35)8-9-28(36)40-31)38-33(48)27-21-51-34(39-27)22-18-37-45(19-22)29(46)10-11-30(47)50-17-16-43-14-12-42(2)13-15-43;1-4-46-20-7-5-19(6-8-20)40-13-22(26(38-40)25-21(32)9-10-24(33)37-25)35-28(42)23-14-49-29(36-23)18-11-34-39(12-18)15-47-31(45)27(48-17(3)41)16(2)30(43)44;1-3-38-18-6-4-17(5-7-18)35-12-20(24(33-35)23-19(27)8-9-22(28)32-23)30-25(37)21-13-40-26(31-21)16-10-29-34(11-16)14-39-15(2)36;1-2-3(4)5;2-1-3/h8-9,18-21,23-24H,3-7,10-17H2,1-2H3,(H,38,48);9-14,16,19-20,27H,4-8,15H2,1-3H3,(H,35,42)(H,43,44);8-13,17-18H,3-7,14H2,1-2H3,(H,30,37);2H2,1H3,(H,4,5);/t;16-,19?,20?,27-;;;/m.1.../s1. The number of hydrogen-bond donors (Lipinski definition) is 5. The third-order valence-corrected chi connectivity index (χ3v) is 26.3. The van der Waals surface area contributed by atoms with Gasteiger partial charge in [0.15, 0.2) is 30.9 Å². The van der Waals surface area contributed by atoms with Gasteiger partial charge in [-0.15, -0.1) is 34.0 Å². The highest BCUT2D eigenvalue weighted by Gasteiger charge is 2.37. The van der Waals surface area contributed by atoms with E-state index in [0.717, 1.165) is 163 Å². The summed E-state index contributed by atoms with van der Waals surface area (Å²) in [5.74, 6) is -13.4. The SMILES string of the molecule is CCC(=O)O.CCOC1CCC(n2cc(NC(=O)c3csc(-c4cnn(C(=O)CCC(=O)OCCN5CCN(C)CC5)c4)n3)c(-c3nc(F)ccc3F)n2)CC1.CCOC1CCC(n2cc(NC(=O)c3csc(-c4cnn(COC(=O)[C@H](OC(C)=O)[C@@H](C)C(=O)O)c4)n3)c(-c3nc(F)ccc3F)n2)CC1.CCOC1CCC(n2cc(NC(=O)c3csc(-c4cnn(COC(C)=O)c4)n3)c(-c3nc(F)ccc3F)n2)CC1.O=C=O. The fourth-order valence-electron chi connectivity index (χ4n) is 16.0. The van der Waals surface area contributed by atoms with Crippen molar-refractivity contribution in [1.29, 1.82) is 0 Å². The molecule has 12 aromatic rings. The van der Waals surface area contributed by atoms with Crippen molar-refractivity contribution in [3.8, 4) is 65.9 Å². The number of carbonyl (C=O) groups excluding carboxylic acids is 10. The number of halogens is 6. The molecular formula is C95H107F6N23O21S3. The molecule has 4 fully saturated rings. The van der Waals surface area contributed by atoms with Gasteiger partial charge in [-0.2, -0.15) is 53.4 Å². The average molecular weight is 2120 g/mol. The van der Waals surface area contributed by atoms with Gasteiger partial charge in [0.2, 0.25) is 29.9 Å². The summed E-state index contributed by atoms with van der Waals surface area (Å²) in [7, 11) is 2.08. The number of esters is 4. The molecule has 13 heterocycles. The van der Waals surface area contributed by atoms with Crippen LogP contribution in [0, 0.1) is 41.2 Å². The number of amides is 3. The molecule has 788 valence electrons. The lowest BCUT2D eigenvalue weighted by Gasteiger charge is -2.32. The summed E-state index contributed by atoms with van der Waals surface area (Å²) in [6.45, 7) is 17.2. The van der Waals surface area contributed by atoms with Gasteiger partial charge in [0.25, 0.3) is 17.7 Å². The van der Waals surface area contributed by atoms with Gasteiger partial charge >= 0.3 is 42.0 Å². The number of carboxylic acid groups (broad SMARTS) is 2. The van der Waals surface area contributed by atoms with Crippen LogP contribution in [0.2, 0.25) is 0 Å². The predicted octanol–water partition coefficient (Wildman–Crippen LogP) is 13.7. The first-order valence-corrected chi connectivity index (χ1v) is 49.7. The normalized spacial score (nSPS) is 17.0. The van der Waals surface area contributed by atoms with Crippen molar-refractivity contribution in [3.63, 3.8) is 0 Å². The number of piperazine rings is 1. The van der Waals surface area contributed by atoms with Crippen LogP contribution in [0.4, 0.5) is 43.4 Å². The fraction of sp³-hybridized carbons (Fsp3) is 0.442. The Labute approximate surface area is 853 Å². The Kier molecular flexibility index (Phi) is 40.9. The van der Waals surface area contributed by atoms with Gasteiger partial charge in [-0.05, 0) is 148 Å². The summed E-state index contributed by atoms with van der Waals surface area (Å²) in [6, 6.07) is 5.56. The maximum absolute atomic E-state index is 14.9. The van der Waals surface area contributed by atoms with Crippen LogP contribution in [0.25, 0.3) is 65.9 Å². The van der Waals surface area contributed by atoms with Gasteiger partial charge in [-0.1, -0.05) is 6.92 Å². The monoisotopic (exact) mass is 2120 g/mol. The zero-order valence-electron chi connectivity index (χ0n) is 81.5. The molecule has 53 heteroatoms. The number of nitrogens with one attached hydrogen (secondary N) is 3. The van der Waals surface area contributed by atoms with Crippen LogP contribution in [-0.2, 0) is 85.0 Å². The van der Waals surface area contributed by atoms with Gasteiger partial charge in [0, 0.05) is 149 Å². The van der Waals surface area contributed by atoms with E-state index in [1.165, 1.54) is 76.1 Å². The van der Waals surface area contributed by atoms with Crippen molar-refractivity contribution >= 4 is 117 Å². The molecule has 12 aromatic heterocycles. The number of ether oxygens (including phenoxy) is 7. The number of likely N-dealkylation sites (N-methyl/N-ethyl adjacent to an activating group) is 1. The third-order valence-electron chi connectivity index (χ3n) is 23.6. The summed E-state index contributed by atoms with van der Waals surface area (Å²) in [4.78, 5) is 166. The van der Waals surface area contributed by atoms with Gasteiger partial charge in [0.1, 0.15) is 78.8 Å². The molecule has 3 amide bonds. The van der Waals surface area contributed by atoms with E-state index in [2.05, 4.69) is 93.3 Å². The number of nitrogens with zero attached hydrogens (tertiary/aromatic N) is 20. The van der Waals surface area contributed by atoms with E-state index in [1.54, 1.807) is 62.7 Å². The summed E-state index contributed by atoms with van der Waals surface area (Å²) in [5, 5.41) is 57.1. The second kappa shape index (κ2) is 54.1. The molecule has 0 aromatic carbocycles. The third kappa shape index (κ3) is 31.4. The first-order chi connectivity index (χ1) is 71.1. The lowest BCUT2D eigenvalue weighted by Crippen LogP contribution is -2.45. The van der Waals surface area contributed by atoms with Gasteiger partial charge in [-0.25, -0.2) is 61.9 Å². The minimum Gasteiger partial charge on any atom is -0.481 e. The molecule has 4 aliphatic rings. The van der Waals surface area contributed by atoms with E-state index in [0.29, 0.717) is 58.1 Å². The highest BCUT2D eigenvalue weighted by atomic mass is 32.1. The minimum atomic E-state index is -1.65. The molecule has 148 heavy (non-hydrogen) atoms. The van der Waals surface area contributed by atoms with Gasteiger partial charge in [0.05, 0.1) is 78.5 Å². The van der Waals surface area contributed by atoms with Crippen LogP contribution in [0.1, 0.15) is 199 Å². The first-order valence-electron chi connectivity index (χ1n) is 47.1. The molecule has 0 bridgehead atoms. The zero-order chi connectivity index (χ0) is 106. The fourth-order valence-corrected chi connectivity index (χ4v) is 18.3. The van der Waals surface area contributed by atoms with Crippen molar-refractivity contribution < 1.29 is 127 Å². The van der Waals surface area contributed by atoms with E-state index in [4.69, 9.17) is 47.9 Å². The maximum atomic E-state index is 14.9. The lowest BCUT2D eigenvalue weighted by atomic mass is 9.93. The number of anilines is 3. The number of rotatable bonds is 36. The Hall–Kier alpha value is -14.7. The number of aromatic nitrogens is 18. The van der Waals surface area contributed by atoms with Crippen molar-refractivity contribution in [2.24, 2.45) is 5.92 Å². The molecule has 1 aliphatic heterocycles. The molecule has 0 unspecified atom stereocenters. The summed E-state index contributed by atoms with van der Waals surface area (Å²) in [6.07, 6.45) is 22.6. The summed E-state index contributed by atoms with van der Waals surface area (Å²) < 4.78 is 133. The van der Waals surface area contributed by atoms with E-state index in [9.17, 15) is 79.4 Å². The highest BCUT2D eigenvalue weighted by Crippen LogP contribution is 2.40. The molecule has 44 nitrogen and oxygen atoms in total. The predicted molar refractivity (Wildman–Crippen MR) is 517 cm³/mol. The summed E-state index contributed by atoms with van der Waals surface area (Å²) in [5.41, 5.74) is 1.34. The lowest BCUT2D eigenvalue weighted by molar-refractivity contribution is -0.192. The number of aliphatic carboxylic acids is 2. The highest BCUT2D eigenvalue weighted by molar-refractivity contribution is 7.14. The van der Waals surface area contributed by atoms with Crippen molar-refractivity contribution in [2.45, 2.75) is 201 Å². The second-order valence-electron chi connectivity index (χ2n) is 34.0. The second-order valence-corrected chi connectivity index (χ2v) is 36.5. The summed E-state index contributed by atoms with van der Waals surface area (Å²) >= 11 is 3.52. The first kappa shape index (κ1) is 112. The number of carboxylic acids is 2. The smallest absolute Gasteiger partial charge is 0.373 e. The van der Waals surface area contributed by atoms with Crippen LogP contribution >= 0.6 is 34.0 Å². The Morgan fingerprint density at radius 3 is 1.18 bits per heavy atom. The Balaban J connectivity index is 0.000000191. The molecule has 2 atom stereocenters. The van der Waals surface area contributed by atoms with E-state index in [1.807, 2.05) is 20.8 Å². The average Bonchev–Trinajstić information content (AvgIpc) is 1.64. The quantitative estimate of drug-likeness (QED) is 0.0105. The molecule has 0 spiro atoms. The van der Waals surface area contributed by atoms with Crippen LogP contribution < -0.4 is 16.0 Å². The van der Waals surface area contributed by atoms with E-state index < -0.39 is 108 Å². The van der Waals surface area contributed by atoms with Crippen molar-refractivity contribution in [2.75, 3.05) is 82.1 Å². The molecule has 1 saturated heterocycles. The maximum Gasteiger partial charge on any atom is 0.373 e. The zero-order valence-corrected chi connectivity index (χ0v) is 83.9. The largest absolute Gasteiger partial charge is 0.481 e. The molecule has 3 saturated carbocycles. The van der Waals surface area contributed by atoms with Crippen LogP contribution in [0.5, 0.6) is 0 Å². The van der Waals surface area contributed by atoms with Crippen molar-refractivity contribution in [1.82, 2.24) is 98.4 Å². The molecule has 3 aliphatic carbocycles. The number of pyridine rings is 3. The number of carbonyl (C=O) groups is 10. The number of thiazole rings is 3. The molecule has 0 radical (unpaired) electrons. The molecule has 5 N–H and O–H groups in total. The van der Waals surface area contributed by atoms with Gasteiger partial charge in [-0.3, -0.25) is 62.1 Å². The minimum absolute atomic E-state index is 0.00133. The van der Waals surface area contributed by atoms with Crippen molar-refractivity contribution in [3.05, 3.63) is 161 Å². The Bertz CT molecular complexity index is 6620. The van der Waals surface area contributed by atoms with E-state index in [-0.39, 0.29) is 149 Å². The van der Waals surface area contributed by atoms with Crippen LogP contribution in [0.3, 0.4) is 0 Å². The topological polar surface area (TPSA) is 537 Å². The van der Waals surface area contributed by atoms with Crippen LogP contribution in [0.15, 0.2) is 108 Å². The number of hydrogen-bond acceptors (Lipinski definition) is 36. The van der Waals surface area contributed by atoms with E-state index >= 15 is 0 Å². The Morgan fingerprint density at radius 2 is 0.831 bits per heavy atom. The molecular weight excluding hydrogens is 2010 g/mol.